The predicted octanol–water partition coefficient (Wildman–Crippen LogP) is 6.53. The second kappa shape index (κ2) is 21.4. The van der Waals surface area contributed by atoms with Crippen molar-refractivity contribution in [2.75, 3.05) is 65.7 Å². The Bertz CT molecular complexity index is 3260. The van der Waals surface area contributed by atoms with Crippen LogP contribution >= 0.6 is 0 Å². The maximum Gasteiger partial charge on any atom is 0.248 e. The van der Waals surface area contributed by atoms with E-state index in [0.29, 0.717) is 85.0 Å². The average molecular weight is 965 g/mol. The summed E-state index contributed by atoms with van der Waals surface area (Å²) >= 11 is 0. The van der Waals surface area contributed by atoms with Crippen molar-refractivity contribution in [3.63, 3.8) is 0 Å². The number of amides is 2. The lowest BCUT2D eigenvalue weighted by Crippen LogP contribution is -2.37. The number of morpholine rings is 1. The molecule has 0 saturated carbocycles. The van der Waals surface area contributed by atoms with Crippen LogP contribution in [0, 0.1) is 13.8 Å². The molecule has 2 amide bonds. The van der Waals surface area contributed by atoms with Crippen molar-refractivity contribution in [3.8, 4) is 34.5 Å². The van der Waals surface area contributed by atoms with Gasteiger partial charge in [-0.3, -0.25) is 23.9 Å². The summed E-state index contributed by atoms with van der Waals surface area (Å²) in [6.45, 7) is 22.0. The summed E-state index contributed by atoms with van der Waals surface area (Å²) in [6, 6.07) is 11.0. The third-order valence-electron chi connectivity index (χ3n) is 13.2. The molecule has 7 heterocycles. The minimum atomic E-state index is -0.562. The first-order valence-corrected chi connectivity index (χ1v) is 24.8. The molecule has 0 spiro atoms. The van der Waals surface area contributed by atoms with Gasteiger partial charge in [-0.1, -0.05) is 26.0 Å². The van der Waals surface area contributed by atoms with Gasteiger partial charge in [0.2, 0.25) is 11.8 Å². The SMILES string of the molecule is CCN(CC)CCCOc1cc(C(N)=O)cc2c3cnc(-c4cc(C)nn4CC)nc3n(C/C=C/Cn3c4nc(-c5cc(C)nn5CC)ncc4c4cc(C(N)=O)cc(OCCCN5CCOCC5)c43)c12. The molecule has 19 nitrogen and oxygen atoms in total. The molecule has 0 radical (unpaired) electrons. The fourth-order valence-corrected chi connectivity index (χ4v) is 9.64. The highest BCUT2D eigenvalue weighted by Crippen LogP contribution is 2.38. The molecule has 1 aliphatic heterocycles. The number of aromatic nitrogens is 10. The Morgan fingerprint density at radius 1 is 0.676 bits per heavy atom. The molecule has 71 heavy (non-hydrogen) atoms. The molecule has 1 aliphatic rings. The van der Waals surface area contributed by atoms with Gasteiger partial charge in [0.1, 0.15) is 34.2 Å². The molecule has 372 valence electrons. The number of nitrogens with zero attached hydrogens (tertiary/aromatic N) is 12. The van der Waals surface area contributed by atoms with E-state index in [-0.39, 0.29) is 0 Å². The fraction of sp³-hybridized carbons (Fsp3) is 0.423. The Kier molecular flexibility index (Phi) is 14.7. The number of benzene rings is 2. The van der Waals surface area contributed by atoms with Crippen LogP contribution in [-0.4, -0.2) is 136 Å². The number of carbonyl (C=O) groups excluding carboxylic acids is 2. The van der Waals surface area contributed by atoms with Gasteiger partial charge < -0.3 is 39.7 Å². The van der Waals surface area contributed by atoms with E-state index >= 15 is 0 Å². The van der Waals surface area contributed by atoms with Gasteiger partial charge in [-0.15, -0.1) is 0 Å². The zero-order valence-electron chi connectivity index (χ0n) is 41.6. The zero-order chi connectivity index (χ0) is 49.8. The Morgan fingerprint density at radius 2 is 1.15 bits per heavy atom. The Labute approximate surface area is 412 Å². The van der Waals surface area contributed by atoms with Crippen molar-refractivity contribution < 1.29 is 23.8 Å². The normalized spacial score (nSPS) is 13.6. The van der Waals surface area contributed by atoms with Gasteiger partial charge in [0.05, 0.1) is 48.8 Å². The minimum absolute atomic E-state index is 0.328. The number of primary amides is 2. The summed E-state index contributed by atoms with van der Waals surface area (Å²) in [5, 5.41) is 12.4. The third kappa shape index (κ3) is 10.1. The van der Waals surface area contributed by atoms with Crippen molar-refractivity contribution in [2.24, 2.45) is 11.5 Å². The van der Waals surface area contributed by atoms with Gasteiger partial charge in [-0.05, 0) is 90.0 Å². The smallest absolute Gasteiger partial charge is 0.248 e. The van der Waals surface area contributed by atoms with Gasteiger partial charge in [0.15, 0.2) is 11.6 Å². The topological polar surface area (TPSA) is 217 Å². The lowest BCUT2D eigenvalue weighted by molar-refractivity contribution is 0.0358. The van der Waals surface area contributed by atoms with E-state index in [1.54, 1.807) is 30.5 Å². The summed E-state index contributed by atoms with van der Waals surface area (Å²) < 4.78 is 26.8. The van der Waals surface area contributed by atoms with E-state index in [1.165, 1.54) is 0 Å². The summed E-state index contributed by atoms with van der Waals surface area (Å²) in [5.74, 6) is 0.994. The van der Waals surface area contributed by atoms with E-state index in [9.17, 15) is 9.59 Å². The highest BCUT2D eigenvalue weighted by atomic mass is 16.5. The number of rotatable bonds is 22. The molecular weight excluding hydrogens is 901 g/mol. The van der Waals surface area contributed by atoms with Gasteiger partial charge >= 0.3 is 0 Å². The van der Waals surface area contributed by atoms with Crippen molar-refractivity contribution >= 4 is 55.7 Å². The van der Waals surface area contributed by atoms with Crippen LogP contribution in [0.3, 0.4) is 0 Å². The summed E-state index contributed by atoms with van der Waals surface area (Å²) in [5.41, 5.74) is 18.8. The molecule has 9 rings (SSSR count). The first-order chi connectivity index (χ1) is 34.5. The van der Waals surface area contributed by atoms with Crippen LogP contribution in [0.5, 0.6) is 11.5 Å². The number of ether oxygens (including phenoxy) is 3. The lowest BCUT2D eigenvalue weighted by Gasteiger charge is -2.26. The summed E-state index contributed by atoms with van der Waals surface area (Å²) in [7, 11) is 0. The van der Waals surface area contributed by atoms with E-state index in [0.717, 1.165) is 121 Å². The van der Waals surface area contributed by atoms with E-state index in [4.69, 9.17) is 45.6 Å². The maximum absolute atomic E-state index is 12.9. The van der Waals surface area contributed by atoms with Crippen molar-refractivity contribution in [3.05, 3.63) is 83.5 Å². The third-order valence-corrected chi connectivity index (χ3v) is 13.2. The monoisotopic (exact) mass is 965 g/mol. The van der Waals surface area contributed by atoms with Gasteiger partial charge in [-0.25, -0.2) is 19.9 Å². The van der Waals surface area contributed by atoms with Crippen molar-refractivity contribution in [1.82, 2.24) is 58.4 Å². The second-order valence-corrected chi connectivity index (χ2v) is 17.9. The van der Waals surface area contributed by atoms with E-state index in [2.05, 4.69) is 55.1 Å². The molecule has 1 saturated heterocycles. The van der Waals surface area contributed by atoms with Crippen molar-refractivity contribution in [1.29, 1.82) is 0 Å². The fourth-order valence-electron chi connectivity index (χ4n) is 9.64. The number of allylic oxidation sites excluding steroid dienone is 2. The number of nitrogens with two attached hydrogens (primary N) is 2. The highest BCUT2D eigenvalue weighted by molar-refractivity contribution is 6.13. The van der Waals surface area contributed by atoms with Crippen LogP contribution in [0.1, 0.15) is 72.6 Å². The molecule has 0 bridgehead atoms. The summed E-state index contributed by atoms with van der Waals surface area (Å²) in [4.78, 5) is 50.6. The quantitative estimate of drug-likeness (QED) is 0.0546. The second-order valence-electron chi connectivity index (χ2n) is 17.9. The molecule has 0 unspecified atom stereocenters. The van der Waals surface area contributed by atoms with Gasteiger partial charge in [0, 0.05) is 97.4 Å². The standard InChI is InChI=1S/C52H64N14O5/c1-7-61(8-2)15-13-21-70-43-29-35(47(53)67)27-37-39-31-55-49(41-25-33(5)59-65(41)9-3)57-51(39)63(45(37)43)17-11-12-18-64-46-38(40-32-56-50(58-52(40)64)42-26-34(6)60-66(42)10-4)28-36(48(54)68)30-44(46)71-22-14-16-62-19-23-69-24-20-62/h11-12,25-32H,7-10,13-24H2,1-6H3,(H2,53,67)(H2,54,68)/b12-11+. The van der Waals surface area contributed by atoms with Crippen LogP contribution in [0.25, 0.3) is 66.9 Å². The summed E-state index contributed by atoms with van der Waals surface area (Å²) in [6.07, 6.45) is 9.35. The zero-order valence-corrected chi connectivity index (χ0v) is 41.6. The molecule has 4 N–H and O–H groups in total. The Hall–Kier alpha value is -7.22. The van der Waals surface area contributed by atoms with E-state index < -0.39 is 11.8 Å². The average Bonchev–Trinajstić information content (AvgIpc) is 4.13. The number of fused-ring (bicyclic) bond motifs is 6. The van der Waals surface area contributed by atoms with Gasteiger partial charge in [-0.2, -0.15) is 10.2 Å². The largest absolute Gasteiger partial charge is 0.491 e. The first-order valence-electron chi connectivity index (χ1n) is 24.8. The molecular formula is C52H64N14O5. The molecule has 0 atom stereocenters. The first kappa shape index (κ1) is 48.8. The Balaban J connectivity index is 1.15. The van der Waals surface area contributed by atoms with Crippen LogP contribution in [-0.2, 0) is 30.9 Å². The number of hydrogen-bond donors (Lipinski definition) is 2. The molecule has 2 aromatic carbocycles. The van der Waals surface area contributed by atoms with Crippen LogP contribution in [0.15, 0.2) is 60.9 Å². The molecule has 6 aromatic heterocycles. The Morgan fingerprint density at radius 3 is 1.61 bits per heavy atom. The minimum Gasteiger partial charge on any atom is -0.491 e. The highest BCUT2D eigenvalue weighted by Gasteiger charge is 2.24. The van der Waals surface area contributed by atoms with Crippen molar-refractivity contribution in [2.45, 2.75) is 80.6 Å². The number of hydrogen-bond acceptors (Lipinski definition) is 13. The molecule has 19 heteroatoms. The van der Waals surface area contributed by atoms with Crippen LogP contribution in [0.4, 0.5) is 0 Å². The predicted molar refractivity (Wildman–Crippen MR) is 275 cm³/mol. The number of aryl methyl sites for hydroxylation is 4. The molecule has 8 aromatic rings. The lowest BCUT2D eigenvalue weighted by atomic mass is 10.1. The van der Waals surface area contributed by atoms with Crippen LogP contribution < -0.4 is 20.9 Å². The van der Waals surface area contributed by atoms with Gasteiger partial charge in [0.25, 0.3) is 0 Å². The molecule has 0 aliphatic carbocycles. The van der Waals surface area contributed by atoms with E-state index in [1.807, 2.05) is 55.4 Å². The molecule has 1 fully saturated rings. The van der Waals surface area contributed by atoms with Crippen LogP contribution in [0.2, 0.25) is 0 Å². The maximum atomic E-state index is 12.9. The number of carbonyl (C=O) groups is 2.